The van der Waals surface area contributed by atoms with Gasteiger partial charge in [0.15, 0.2) is 0 Å². The molecule has 0 atom stereocenters. The van der Waals surface area contributed by atoms with Gasteiger partial charge in [0, 0.05) is 25.4 Å². The average molecular weight is 211 g/mol. The maximum Gasteiger partial charge on any atom is 0.123 e. The highest BCUT2D eigenvalue weighted by Crippen LogP contribution is 2.00. The summed E-state index contributed by atoms with van der Waals surface area (Å²) < 4.78 is 0. The van der Waals surface area contributed by atoms with Crippen LogP contribution in [0, 0.1) is 5.41 Å². The molecule has 0 aromatic rings. The molecule has 0 unspecified atom stereocenters. The van der Waals surface area contributed by atoms with Crippen LogP contribution < -0.4 is 10.8 Å². The minimum Gasteiger partial charge on any atom is -0.413 e. The maximum atomic E-state index is 7.75. The van der Waals surface area contributed by atoms with Gasteiger partial charge in [-0.3, -0.25) is 0 Å². The molecule has 0 fully saturated rings. The molecule has 0 aromatic carbocycles. The van der Waals surface area contributed by atoms with Crippen molar-refractivity contribution in [3.8, 4) is 0 Å². The fourth-order valence-electron chi connectivity index (χ4n) is 0.865. The van der Waals surface area contributed by atoms with E-state index in [4.69, 9.17) is 10.2 Å². The van der Waals surface area contributed by atoms with Crippen LogP contribution in [0.2, 0.25) is 0 Å². The number of rotatable bonds is 7. The second-order valence-corrected chi connectivity index (χ2v) is 3.15. The number of hydrogen-bond donors (Lipinski definition) is 3. The largest absolute Gasteiger partial charge is 0.413 e. The molecule has 0 aliphatic rings. The monoisotopic (exact) mass is 211 g/mol. The SMILES string of the molecule is CCN/C=C(\C)C(=N)/C=C(\C)ONCC. The normalized spacial score (nSPS) is 12.5. The van der Waals surface area contributed by atoms with E-state index in [0.29, 0.717) is 11.5 Å². The Labute approximate surface area is 91.9 Å². The lowest BCUT2D eigenvalue weighted by Gasteiger charge is -2.05. The van der Waals surface area contributed by atoms with E-state index in [9.17, 15) is 0 Å². The lowest BCUT2D eigenvalue weighted by molar-refractivity contribution is 0.112. The standard InChI is InChI=1S/C11H21N3O/c1-5-13-8-9(3)11(12)7-10(4)15-14-6-2/h7-8,12-14H,5-6H2,1-4H3/b9-8+,10-7+,12-11?. The van der Waals surface area contributed by atoms with Crippen LogP contribution in [-0.2, 0) is 4.84 Å². The quantitative estimate of drug-likeness (QED) is 0.343. The molecule has 15 heavy (non-hydrogen) atoms. The van der Waals surface area contributed by atoms with E-state index in [2.05, 4.69) is 10.8 Å². The summed E-state index contributed by atoms with van der Waals surface area (Å²) >= 11 is 0. The summed E-state index contributed by atoms with van der Waals surface area (Å²) in [5.74, 6) is 0.686. The molecule has 0 bridgehead atoms. The van der Waals surface area contributed by atoms with E-state index in [1.54, 1.807) is 6.08 Å². The molecule has 4 nitrogen and oxygen atoms in total. The molecule has 0 heterocycles. The Morgan fingerprint density at radius 2 is 1.93 bits per heavy atom. The highest BCUT2D eigenvalue weighted by molar-refractivity contribution is 6.05. The minimum atomic E-state index is 0.450. The zero-order valence-electron chi connectivity index (χ0n) is 9.98. The van der Waals surface area contributed by atoms with Crippen LogP contribution in [0.15, 0.2) is 23.6 Å². The molecule has 3 N–H and O–H groups in total. The molecule has 0 amide bonds. The van der Waals surface area contributed by atoms with Gasteiger partial charge in [0.2, 0.25) is 0 Å². The van der Waals surface area contributed by atoms with Gasteiger partial charge >= 0.3 is 0 Å². The number of allylic oxidation sites excluding steroid dienone is 3. The Morgan fingerprint density at radius 3 is 2.47 bits per heavy atom. The summed E-state index contributed by atoms with van der Waals surface area (Å²) in [5.41, 5.74) is 4.07. The van der Waals surface area contributed by atoms with Crippen molar-refractivity contribution in [2.75, 3.05) is 13.1 Å². The Kier molecular flexibility index (Phi) is 7.36. The molecule has 4 heteroatoms. The van der Waals surface area contributed by atoms with Gasteiger partial charge in [0.25, 0.3) is 0 Å². The Morgan fingerprint density at radius 1 is 1.27 bits per heavy atom. The lowest BCUT2D eigenvalue weighted by atomic mass is 10.2. The summed E-state index contributed by atoms with van der Waals surface area (Å²) in [6.45, 7) is 9.28. The van der Waals surface area contributed by atoms with Crippen LogP contribution in [0.1, 0.15) is 27.7 Å². The van der Waals surface area contributed by atoms with Gasteiger partial charge in [0.05, 0.1) is 5.71 Å². The van der Waals surface area contributed by atoms with E-state index in [0.717, 1.165) is 18.7 Å². The smallest absolute Gasteiger partial charge is 0.123 e. The van der Waals surface area contributed by atoms with Gasteiger partial charge in [-0.1, -0.05) is 0 Å². The van der Waals surface area contributed by atoms with E-state index in [1.165, 1.54) is 0 Å². The Balaban J connectivity index is 4.20. The number of hydrogen-bond acceptors (Lipinski definition) is 4. The Bertz CT molecular complexity index is 257. The second kappa shape index (κ2) is 8.05. The van der Waals surface area contributed by atoms with Gasteiger partial charge in [0.1, 0.15) is 5.76 Å². The second-order valence-electron chi connectivity index (χ2n) is 3.15. The fraction of sp³-hybridized carbons (Fsp3) is 0.545. The first-order valence-corrected chi connectivity index (χ1v) is 5.18. The summed E-state index contributed by atoms with van der Waals surface area (Å²) in [7, 11) is 0. The minimum absolute atomic E-state index is 0.450. The zero-order chi connectivity index (χ0) is 11.7. The van der Waals surface area contributed by atoms with E-state index in [1.807, 2.05) is 33.9 Å². The van der Waals surface area contributed by atoms with E-state index >= 15 is 0 Å². The van der Waals surface area contributed by atoms with Crippen molar-refractivity contribution in [2.24, 2.45) is 0 Å². The third kappa shape index (κ3) is 6.74. The molecule has 0 rings (SSSR count). The van der Waals surface area contributed by atoms with Crippen molar-refractivity contribution < 1.29 is 4.84 Å². The summed E-state index contributed by atoms with van der Waals surface area (Å²) in [6, 6.07) is 0. The van der Waals surface area contributed by atoms with Gasteiger partial charge in [-0.15, -0.1) is 0 Å². The van der Waals surface area contributed by atoms with Crippen LogP contribution in [0.25, 0.3) is 0 Å². The van der Waals surface area contributed by atoms with Gasteiger partial charge in [-0.2, -0.15) is 5.48 Å². The predicted octanol–water partition coefficient (Wildman–Crippen LogP) is 1.96. The lowest BCUT2D eigenvalue weighted by Crippen LogP contribution is -2.13. The molecule has 0 radical (unpaired) electrons. The molecular formula is C11H21N3O. The van der Waals surface area contributed by atoms with Crippen LogP contribution in [0.4, 0.5) is 0 Å². The fourth-order valence-corrected chi connectivity index (χ4v) is 0.865. The van der Waals surface area contributed by atoms with Crippen molar-refractivity contribution in [3.63, 3.8) is 0 Å². The van der Waals surface area contributed by atoms with Crippen LogP contribution in [0.3, 0.4) is 0 Å². The first-order chi connectivity index (χ1) is 7.11. The van der Waals surface area contributed by atoms with Gasteiger partial charge in [-0.05, 0) is 33.3 Å². The van der Waals surface area contributed by atoms with Gasteiger partial charge < -0.3 is 15.6 Å². The maximum absolute atomic E-state index is 7.75. The Hall–Kier alpha value is -1.29. The molecule has 0 aliphatic heterocycles. The molecule has 0 aliphatic carbocycles. The van der Waals surface area contributed by atoms with Crippen molar-refractivity contribution in [3.05, 3.63) is 23.6 Å². The van der Waals surface area contributed by atoms with Crippen molar-refractivity contribution >= 4 is 5.71 Å². The summed E-state index contributed by atoms with van der Waals surface area (Å²) in [5, 5.41) is 10.8. The van der Waals surface area contributed by atoms with Crippen LogP contribution in [0.5, 0.6) is 0 Å². The average Bonchev–Trinajstić information content (AvgIpc) is 2.22. The molecule has 0 spiro atoms. The van der Waals surface area contributed by atoms with Crippen molar-refractivity contribution in [1.29, 1.82) is 5.41 Å². The van der Waals surface area contributed by atoms with E-state index < -0.39 is 0 Å². The molecule has 86 valence electrons. The topological polar surface area (TPSA) is 57.1 Å². The first kappa shape index (κ1) is 13.7. The third-order valence-electron chi connectivity index (χ3n) is 1.67. The molecule has 0 saturated carbocycles. The van der Waals surface area contributed by atoms with Crippen molar-refractivity contribution in [1.82, 2.24) is 10.8 Å². The third-order valence-corrected chi connectivity index (χ3v) is 1.67. The summed E-state index contributed by atoms with van der Waals surface area (Å²) in [4.78, 5) is 5.14. The van der Waals surface area contributed by atoms with Crippen molar-refractivity contribution in [2.45, 2.75) is 27.7 Å². The van der Waals surface area contributed by atoms with Crippen LogP contribution >= 0.6 is 0 Å². The number of hydroxylamine groups is 1. The number of nitrogens with one attached hydrogen (secondary N) is 3. The van der Waals surface area contributed by atoms with Crippen LogP contribution in [-0.4, -0.2) is 18.8 Å². The molecular weight excluding hydrogens is 190 g/mol. The van der Waals surface area contributed by atoms with E-state index in [-0.39, 0.29) is 0 Å². The summed E-state index contributed by atoms with van der Waals surface area (Å²) in [6.07, 6.45) is 3.52. The highest BCUT2D eigenvalue weighted by Gasteiger charge is 1.97. The zero-order valence-corrected chi connectivity index (χ0v) is 9.98. The predicted molar refractivity (Wildman–Crippen MR) is 63.7 cm³/mol. The first-order valence-electron chi connectivity index (χ1n) is 5.18. The molecule has 0 aromatic heterocycles. The molecule has 0 saturated heterocycles. The highest BCUT2D eigenvalue weighted by atomic mass is 16.6. The van der Waals surface area contributed by atoms with Gasteiger partial charge in [-0.25, -0.2) is 0 Å².